The quantitative estimate of drug-likeness (QED) is 0.731. The lowest BCUT2D eigenvalue weighted by molar-refractivity contribution is -0.138. The van der Waals surface area contributed by atoms with Crippen LogP contribution in [0.2, 0.25) is 0 Å². The van der Waals surface area contributed by atoms with Gasteiger partial charge in [-0.2, -0.15) is 5.10 Å². The molecule has 0 radical (unpaired) electrons. The normalized spacial score (nSPS) is 10.5. The Labute approximate surface area is 147 Å². The van der Waals surface area contributed by atoms with Gasteiger partial charge in [0.2, 0.25) is 0 Å². The fraction of sp³-hybridized carbons (Fsp3) is 0.0526. The number of hydrogen-bond acceptors (Lipinski definition) is 4. The maximum atomic E-state index is 12.6. The van der Waals surface area contributed by atoms with Crippen LogP contribution in [-0.2, 0) is 11.3 Å². The summed E-state index contributed by atoms with van der Waals surface area (Å²) in [5, 5.41) is 22.8. The van der Waals surface area contributed by atoms with E-state index in [-0.39, 0.29) is 11.3 Å². The first kappa shape index (κ1) is 17.1. The molecule has 26 heavy (non-hydrogen) atoms. The van der Waals surface area contributed by atoms with Gasteiger partial charge in [-0.3, -0.25) is 9.59 Å². The summed E-state index contributed by atoms with van der Waals surface area (Å²) < 4.78 is 0.667. The van der Waals surface area contributed by atoms with E-state index in [1.54, 1.807) is 60.7 Å². The number of aliphatic carboxylic acids is 1. The highest BCUT2D eigenvalue weighted by Gasteiger charge is 2.25. The van der Waals surface area contributed by atoms with Crippen LogP contribution in [0.15, 0.2) is 65.5 Å². The van der Waals surface area contributed by atoms with Gasteiger partial charge in [-0.15, -0.1) is 0 Å². The van der Waals surface area contributed by atoms with Gasteiger partial charge in [0.25, 0.3) is 5.56 Å². The molecule has 3 rings (SSSR count). The van der Waals surface area contributed by atoms with Crippen LogP contribution >= 0.6 is 0 Å². The maximum absolute atomic E-state index is 12.6. The van der Waals surface area contributed by atoms with Crippen LogP contribution in [0.4, 0.5) is 0 Å². The Kier molecular flexibility index (Phi) is 4.62. The van der Waals surface area contributed by atoms with Crippen LogP contribution in [0.1, 0.15) is 10.4 Å². The van der Waals surface area contributed by atoms with Crippen LogP contribution in [0.5, 0.6) is 0 Å². The number of aromatic nitrogens is 2. The Morgan fingerprint density at radius 2 is 1.42 bits per heavy atom. The molecular formula is C19H14N2O5. The Balaban J connectivity index is 2.43. The van der Waals surface area contributed by atoms with E-state index in [1.807, 2.05) is 0 Å². The van der Waals surface area contributed by atoms with Crippen LogP contribution < -0.4 is 5.56 Å². The van der Waals surface area contributed by atoms with E-state index in [4.69, 9.17) is 5.11 Å². The largest absolute Gasteiger partial charge is 0.480 e. The van der Waals surface area contributed by atoms with Gasteiger partial charge < -0.3 is 10.2 Å². The fourth-order valence-corrected chi connectivity index (χ4v) is 2.69. The molecule has 0 spiro atoms. The topological polar surface area (TPSA) is 109 Å². The standard InChI is InChI=1S/C19H14N2O5/c22-14(23)11-21-18(24)16(19(25)26)15(12-7-3-1-4-8-12)17(20-21)13-9-5-2-6-10-13/h1-10H,11H2,(H,22,23)(H,25,26). The van der Waals surface area contributed by atoms with E-state index >= 15 is 0 Å². The van der Waals surface area contributed by atoms with Gasteiger partial charge in [0.15, 0.2) is 0 Å². The maximum Gasteiger partial charge on any atom is 0.342 e. The first-order valence-electron chi connectivity index (χ1n) is 7.70. The zero-order valence-electron chi connectivity index (χ0n) is 13.5. The summed E-state index contributed by atoms with van der Waals surface area (Å²) in [6.07, 6.45) is 0. The molecule has 0 aliphatic carbocycles. The molecule has 1 heterocycles. The highest BCUT2D eigenvalue weighted by atomic mass is 16.4. The number of carbonyl (C=O) groups is 2. The van der Waals surface area contributed by atoms with Gasteiger partial charge in [0.05, 0.1) is 5.69 Å². The van der Waals surface area contributed by atoms with Gasteiger partial charge in [-0.1, -0.05) is 60.7 Å². The van der Waals surface area contributed by atoms with Crippen molar-refractivity contribution in [1.82, 2.24) is 9.78 Å². The minimum atomic E-state index is -1.44. The third-order valence-electron chi connectivity index (χ3n) is 3.76. The number of hydrogen-bond donors (Lipinski definition) is 2. The summed E-state index contributed by atoms with van der Waals surface area (Å²) in [5.41, 5.74) is 0.0135. The molecule has 2 N–H and O–H groups in total. The average molecular weight is 350 g/mol. The second-order valence-corrected chi connectivity index (χ2v) is 5.49. The molecule has 7 nitrogen and oxygen atoms in total. The van der Waals surface area contributed by atoms with Crippen LogP contribution in [0.3, 0.4) is 0 Å². The molecule has 0 saturated heterocycles. The number of carboxylic acid groups (broad SMARTS) is 2. The van der Waals surface area contributed by atoms with Crippen molar-refractivity contribution in [3.63, 3.8) is 0 Å². The first-order chi connectivity index (χ1) is 12.5. The molecule has 7 heteroatoms. The van der Waals surface area contributed by atoms with E-state index in [9.17, 15) is 19.5 Å². The monoisotopic (exact) mass is 350 g/mol. The number of nitrogens with zero attached hydrogens (tertiary/aromatic N) is 2. The van der Waals surface area contributed by atoms with Crippen molar-refractivity contribution in [3.8, 4) is 22.4 Å². The van der Waals surface area contributed by atoms with Crippen LogP contribution in [0, 0.1) is 0 Å². The first-order valence-corrected chi connectivity index (χ1v) is 7.70. The van der Waals surface area contributed by atoms with Gasteiger partial charge in [-0.25, -0.2) is 9.48 Å². The van der Waals surface area contributed by atoms with Gasteiger partial charge >= 0.3 is 11.9 Å². The number of rotatable bonds is 5. The van der Waals surface area contributed by atoms with E-state index in [0.29, 0.717) is 15.8 Å². The lowest BCUT2D eigenvalue weighted by atomic mass is 9.95. The number of benzene rings is 2. The predicted molar refractivity (Wildman–Crippen MR) is 94.0 cm³/mol. The molecule has 0 aliphatic heterocycles. The van der Waals surface area contributed by atoms with E-state index in [2.05, 4.69) is 5.10 Å². The highest BCUT2D eigenvalue weighted by molar-refractivity contribution is 5.99. The van der Waals surface area contributed by atoms with Gasteiger partial charge in [0.1, 0.15) is 12.1 Å². The van der Waals surface area contributed by atoms with E-state index < -0.39 is 29.6 Å². The molecule has 0 atom stereocenters. The average Bonchev–Trinajstić information content (AvgIpc) is 2.63. The van der Waals surface area contributed by atoms with Crippen molar-refractivity contribution < 1.29 is 19.8 Å². The lowest BCUT2D eigenvalue weighted by Gasteiger charge is -2.14. The zero-order valence-corrected chi connectivity index (χ0v) is 13.5. The SMILES string of the molecule is O=C(O)Cn1nc(-c2ccccc2)c(-c2ccccc2)c(C(=O)O)c1=O. The molecule has 0 amide bonds. The van der Waals surface area contributed by atoms with E-state index in [0.717, 1.165) is 0 Å². The minimum absolute atomic E-state index is 0.163. The predicted octanol–water partition coefficient (Wildman–Crippen LogP) is 2.36. The molecular weight excluding hydrogens is 336 g/mol. The third kappa shape index (κ3) is 3.23. The van der Waals surface area contributed by atoms with Crippen molar-refractivity contribution in [3.05, 3.63) is 76.6 Å². The minimum Gasteiger partial charge on any atom is -0.480 e. The highest BCUT2D eigenvalue weighted by Crippen LogP contribution is 2.31. The lowest BCUT2D eigenvalue weighted by Crippen LogP contribution is -2.32. The molecule has 3 aromatic rings. The fourth-order valence-electron chi connectivity index (χ4n) is 2.69. The Bertz CT molecular complexity index is 1030. The molecule has 2 aromatic carbocycles. The molecule has 0 fully saturated rings. The van der Waals surface area contributed by atoms with Crippen molar-refractivity contribution in [2.24, 2.45) is 0 Å². The van der Waals surface area contributed by atoms with Gasteiger partial charge in [-0.05, 0) is 5.56 Å². The molecule has 0 saturated carbocycles. The van der Waals surface area contributed by atoms with Crippen LogP contribution in [-0.4, -0.2) is 31.9 Å². The number of carboxylic acids is 2. The summed E-state index contributed by atoms with van der Waals surface area (Å²) in [5.74, 6) is -2.73. The summed E-state index contributed by atoms with van der Waals surface area (Å²) in [4.78, 5) is 35.5. The smallest absolute Gasteiger partial charge is 0.342 e. The summed E-state index contributed by atoms with van der Waals surface area (Å²) in [7, 11) is 0. The van der Waals surface area contributed by atoms with Crippen molar-refractivity contribution in [2.75, 3.05) is 0 Å². The molecule has 130 valence electrons. The van der Waals surface area contributed by atoms with Crippen molar-refractivity contribution in [2.45, 2.75) is 6.54 Å². The molecule has 0 bridgehead atoms. The number of aromatic carboxylic acids is 1. The Morgan fingerprint density at radius 3 is 1.92 bits per heavy atom. The van der Waals surface area contributed by atoms with Crippen molar-refractivity contribution in [1.29, 1.82) is 0 Å². The second kappa shape index (κ2) is 7.02. The van der Waals surface area contributed by atoms with Crippen LogP contribution in [0.25, 0.3) is 22.4 Å². The summed E-state index contributed by atoms with van der Waals surface area (Å²) >= 11 is 0. The van der Waals surface area contributed by atoms with Gasteiger partial charge in [0, 0.05) is 11.1 Å². The Hall–Kier alpha value is -3.74. The summed E-state index contributed by atoms with van der Waals surface area (Å²) in [6.45, 7) is -0.728. The molecule has 0 aliphatic rings. The summed E-state index contributed by atoms with van der Waals surface area (Å²) in [6, 6.07) is 17.3. The molecule has 0 unspecified atom stereocenters. The second-order valence-electron chi connectivity index (χ2n) is 5.49. The Morgan fingerprint density at radius 1 is 0.885 bits per heavy atom. The molecule has 1 aromatic heterocycles. The van der Waals surface area contributed by atoms with Crippen molar-refractivity contribution >= 4 is 11.9 Å². The third-order valence-corrected chi connectivity index (χ3v) is 3.76. The zero-order chi connectivity index (χ0) is 18.7. The van der Waals surface area contributed by atoms with E-state index in [1.165, 1.54) is 0 Å².